The number of aryl methyl sites for hydroxylation is 2. The summed E-state index contributed by atoms with van der Waals surface area (Å²) in [7, 11) is -3.97. The number of hydrogen-bond donors (Lipinski definition) is 2. The maximum Gasteiger partial charge on any atom is 0.281 e. The third-order valence-corrected chi connectivity index (χ3v) is 6.08. The molecule has 0 saturated carbocycles. The molecule has 7 nitrogen and oxygen atoms in total. The van der Waals surface area contributed by atoms with Gasteiger partial charge < -0.3 is 5.32 Å². The zero-order valence-electron chi connectivity index (χ0n) is 15.3. The Morgan fingerprint density at radius 3 is 2.57 bits per heavy atom. The lowest BCUT2D eigenvalue weighted by Gasteiger charge is -2.09. The van der Waals surface area contributed by atoms with Gasteiger partial charge >= 0.3 is 0 Å². The van der Waals surface area contributed by atoms with Crippen molar-refractivity contribution in [2.45, 2.75) is 25.8 Å². The fourth-order valence-electron chi connectivity index (χ4n) is 2.48. The minimum absolute atomic E-state index is 0.142. The average molecular weight is 420 g/mol. The molecule has 2 aromatic heterocycles. The van der Waals surface area contributed by atoms with Crippen LogP contribution in [0, 0.1) is 19.7 Å². The highest BCUT2D eigenvalue weighted by molar-refractivity contribution is 7.92. The number of pyridine rings is 1. The van der Waals surface area contributed by atoms with E-state index in [2.05, 4.69) is 20.0 Å². The van der Waals surface area contributed by atoms with Crippen molar-refractivity contribution in [2.75, 3.05) is 10.0 Å². The van der Waals surface area contributed by atoms with E-state index in [-0.39, 0.29) is 21.9 Å². The standard InChI is InChI=1S/C18H17FN4O3S2/c1-10-4-5-13(7-15(10)19)16-9-27-18(22-16)23-28(25,26)17-11(2)6-14(8-20-17)21-12(3)24/h4-9H,1-3H3,(H,21,24)(H,22,23). The highest BCUT2D eigenvalue weighted by Crippen LogP contribution is 2.28. The summed E-state index contributed by atoms with van der Waals surface area (Å²) < 4.78 is 41.4. The van der Waals surface area contributed by atoms with Gasteiger partial charge in [-0.2, -0.15) is 8.42 Å². The number of carbonyl (C=O) groups excluding carboxylic acids is 1. The number of carbonyl (C=O) groups is 1. The van der Waals surface area contributed by atoms with Gasteiger partial charge in [0.05, 0.1) is 17.6 Å². The van der Waals surface area contributed by atoms with Gasteiger partial charge in [0.1, 0.15) is 5.82 Å². The number of nitrogens with zero attached hydrogens (tertiary/aromatic N) is 2. The van der Waals surface area contributed by atoms with Gasteiger partial charge in [0.15, 0.2) is 10.2 Å². The number of rotatable bonds is 5. The molecule has 10 heteroatoms. The Bertz CT molecular complexity index is 1160. The topological polar surface area (TPSA) is 101 Å². The molecular weight excluding hydrogens is 403 g/mol. The lowest BCUT2D eigenvalue weighted by atomic mass is 10.1. The molecule has 0 aliphatic carbocycles. The van der Waals surface area contributed by atoms with Crippen molar-refractivity contribution >= 4 is 38.1 Å². The van der Waals surface area contributed by atoms with E-state index in [1.165, 1.54) is 25.3 Å². The maximum atomic E-state index is 13.7. The Balaban J connectivity index is 1.84. The summed E-state index contributed by atoms with van der Waals surface area (Å²) in [6.07, 6.45) is 1.27. The van der Waals surface area contributed by atoms with Gasteiger partial charge in [0.2, 0.25) is 5.91 Å². The number of benzene rings is 1. The molecule has 0 unspecified atom stereocenters. The number of thiazole rings is 1. The van der Waals surface area contributed by atoms with Crippen LogP contribution in [0.1, 0.15) is 18.1 Å². The van der Waals surface area contributed by atoms with Crippen molar-refractivity contribution < 1.29 is 17.6 Å². The van der Waals surface area contributed by atoms with Crippen LogP contribution in [0.2, 0.25) is 0 Å². The van der Waals surface area contributed by atoms with E-state index in [9.17, 15) is 17.6 Å². The molecule has 0 radical (unpaired) electrons. The zero-order valence-corrected chi connectivity index (χ0v) is 16.9. The number of nitrogens with one attached hydrogen (secondary N) is 2. The van der Waals surface area contributed by atoms with Gasteiger partial charge in [-0.15, -0.1) is 11.3 Å². The van der Waals surface area contributed by atoms with Crippen LogP contribution < -0.4 is 10.0 Å². The summed E-state index contributed by atoms with van der Waals surface area (Å²) in [5, 5.41) is 4.16. The van der Waals surface area contributed by atoms with E-state index >= 15 is 0 Å². The Hall–Kier alpha value is -2.85. The number of amides is 1. The molecule has 0 aliphatic heterocycles. The maximum absolute atomic E-state index is 13.7. The van der Waals surface area contributed by atoms with Gasteiger partial charge in [-0.25, -0.2) is 14.4 Å². The van der Waals surface area contributed by atoms with Crippen molar-refractivity contribution in [1.29, 1.82) is 0 Å². The lowest BCUT2D eigenvalue weighted by Crippen LogP contribution is -2.16. The van der Waals surface area contributed by atoms with Gasteiger partial charge in [0, 0.05) is 17.9 Å². The van der Waals surface area contributed by atoms with Crippen LogP contribution in [0.25, 0.3) is 11.3 Å². The van der Waals surface area contributed by atoms with E-state index in [1.807, 2.05) is 0 Å². The van der Waals surface area contributed by atoms with Crippen molar-refractivity contribution in [3.8, 4) is 11.3 Å². The molecular formula is C18H17FN4O3S2. The van der Waals surface area contributed by atoms with E-state index in [0.29, 0.717) is 28.1 Å². The lowest BCUT2D eigenvalue weighted by molar-refractivity contribution is -0.114. The molecule has 1 aromatic carbocycles. The van der Waals surface area contributed by atoms with Crippen molar-refractivity contribution in [3.05, 3.63) is 52.8 Å². The van der Waals surface area contributed by atoms with Crippen molar-refractivity contribution in [2.24, 2.45) is 0 Å². The third-order valence-electron chi connectivity index (χ3n) is 3.80. The molecule has 0 fully saturated rings. The molecule has 1 amide bonds. The molecule has 2 N–H and O–H groups in total. The van der Waals surface area contributed by atoms with Crippen molar-refractivity contribution in [3.63, 3.8) is 0 Å². The van der Waals surface area contributed by atoms with Crippen molar-refractivity contribution in [1.82, 2.24) is 9.97 Å². The summed E-state index contributed by atoms with van der Waals surface area (Å²) in [4.78, 5) is 19.3. The quantitative estimate of drug-likeness (QED) is 0.655. The third kappa shape index (κ3) is 4.34. The number of aromatic nitrogens is 2. The zero-order chi connectivity index (χ0) is 20.5. The fourth-order valence-corrected chi connectivity index (χ4v) is 4.62. The first-order valence-corrected chi connectivity index (χ1v) is 10.5. The van der Waals surface area contributed by atoms with E-state index in [0.717, 1.165) is 11.3 Å². The first kappa shape index (κ1) is 19.9. The van der Waals surface area contributed by atoms with Gasteiger partial charge in [-0.05, 0) is 37.1 Å². The molecule has 0 saturated heterocycles. The first-order valence-electron chi connectivity index (χ1n) is 8.15. The van der Waals surface area contributed by atoms with Gasteiger partial charge in [-0.3, -0.25) is 9.52 Å². The second-order valence-corrected chi connectivity index (χ2v) is 8.59. The molecule has 0 aliphatic rings. The molecule has 2 heterocycles. The average Bonchev–Trinajstić information content (AvgIpc) is 3.04. The molecule has 0 spiro atoms. The molecule has 0 bridgehead atoms. The number of halogens is 1. The summed E-state index contributed by atoms with van der Waals surface area (Å²) >= 11 is 1.08. The van der Waals surface area contributed by atoms with Crippen LogP contribution in [0.5, 0.6) is 0 Å². The highest BCUT2D eigenvalue weighted by atomic mass is 32.2. The molecule has 28 heavy (non-hydrogen) atoms. The Morgan fingerprint density at radius 1 is 1.18 bits per heavy atom. The van der Waals surface area contributed by atoms with E-state index < -0.39 is 10.0 Å². The molecule has 3 aromatic rings. The molecule has 3 rings (SSSR count). The fraction of sp³-hybridized carbons (Fsp3) is 0.167. The largest absolute Gasteiger partial charge is 0.325 e. The normalized spacial score (nSPS) is 11.3. The second kappa shape index (κ2) is 7.64. The summed E-state index contributed by atoms with van der Waals surface area (Å²) in [6, 6.07) is 6.23. The van der Waals surface area contributed by atoms with E-state index in [1.54, 1.807) is 31.4 Å². The van der Waals surface area contributed by atoms with Crippen LogP contribution >= 0.6 is 11.3 Å². The number of sulfonamides is 1. The first-order chi connectivity index (χ1) is 13.2. The van der Waals surface area contributed by atoms with Crippen LogP contribution in [-0.4, -0.2) is 24.3 Å². The predicted octanol–water partition coefficient (Wildman–Crippen LogP) is 3.72. The smallest absolute Gasteiger partial charge is 0.281 e. The summed E-state index contributed by atoms with van der Waals surface area (Å²) in [5.41, 5.74) is 2.31. The Kier molecular flexibility index (Phi) is 5.43. The minimum Gasteiger partial charge on any atom is -0.325 e. The van der Waals surface area contributed by atoms with Crippen LogP contribution in [0.15, 0.2) is 40.9 Å². The molecule has 0 atom stereocenters. The monoisotopic (exact) mass is 420 g/mol. The van der Waals surface area contributed by atoms with E-state index in [4.69, 9.17) is 0 Å². The Morgan fingerprint density at radius 2 is 1.93 bits per heavy atom. The van der Waals surface area contributed by atoms with Crippen LogP contribution in [0.3, 0.4) is 0 Å². The van der Waals surface area contributed by atoms with Crippen LogP contribution in [0.4, 0.5) is 15.2 Å². The number of hydrogen-bond acceptors (Lipinski definition) is 6. The number of anilines is 2. The Labute approximate surface area is 165 Å². The minimum atomic E-state index is -3.97. The summed E-state index contributed by atoms with van der Waals surface area (Å²) in [6.45, 7) is 4.59. The van der Waals surface area contributed by atoms with Crippen LogP contribution in [-0.2, 0) is 14.8 Å². The van der Waals surface area contributed by atoms with Gasteiger partial charge in [-0.1, -0.05) is 12.1 Å². The van der Waals surface area contributed by atoms with Gasteiger partial charge in [0.25, 0.3) is 10.0 Å². The SMILES string of the molecule is CC(=O)Nc1cnc(S(=O)(=O)Nc2nc(-c3ccc(C)c(F)c3)cs2)c(C)c1. The second-order valence-electron chi connectivity index (χ2n) is 6.13. The predicted molar refractivity (Wildman–Crippen MR) is 106 cm³/mol. The molecule has 146 valence electrons. The summed E-state index contributed by atoms with van der Waals surface area (Å²) in [5.74, 6) is -0.635. The highest BCUT2D eigenvalue weighted by Gasteiger charge is 2.21.